The Balaban J connectivity index is 2.76. The highest BCUT2D eigenvalue weighted by Gasteiger charge is 2.15. The average Bonchev–Trinajstić information content (AvgIpc) is 2.20. The van der Waals surface area contributed by atoms with E-state index < -0.39 is 23.7 Å². The highest BCUT2D eigenvalue weighted by Crippen LogP contribution is 2.17. The minimum absolute atomic E-state index is 0.141. The van der Waals surface area contributed by atoms with E-state index >= 15 is 0 Å². The van der Waals surface area contributed by atoms with Crippen molar-refractivity contribution in [2.24, 2.45) is 0 Å². The lowest BCUT2D eigenvalue weighted by Gasteiger charge is -2.12. The monoisotopic (exact) mass is 303 g/mol. The number of carbonyl (C=O) groups excluding carboxylic acids is 1. The lowest BCUT2D eigenvalue weighted by molar-refractivity contribution is -0.137. The number of halogens is 2. The minimum atomic E-state index is -1.00. The molecular formula is C11H11BrFNO3. The maximum atomic E-state index is 13.0. The van der Waals surface area contributed by atoms with E-state index in [0.717, 1.165) is 6.07 Å². The van der Waals surface area contributed by atoms with Crippen LogP contribution in [0.2, 0.25) is 0 Å². The van der Waals surface area contributed by atoms with Gasteiger partial charge < -0.3 is 10.4 Å². The topological polar surface area (TPSA) is 66.4 Å². The molecule has 1 aromatic carbocycles. The number of amides is 1. The summed E-state index contributed by atoms with van der Waals surface area (Å²) in [6.07, 6.45) is -0.182. The summed E-state index contributed by atoms with van der Waals surface area (Å²) in [5.41, 5.74) is 0.141. The molecule has 0 aliphatic carbocycles. The van der Waals surface area contributed by atoms with Crippen molar-refractivity contribution in [3.8, 4) is 0 Å². The summed E-state index contributed by atoms with van der Waals surface area (Å²) in [6, 6.07) is 3.22. The molecule has 0 saturated heterocycles. The predicted molar refractivity (Wildman–Crippen MR) is 63.3 cm³/mol. The van der Waals surface area contributed by atoms with Gasteiger partial charge in [-0.15, -0.1) is 0 Å². The SMILES string of the molecule is CC(CC(=O)O)NC(=O)c1cc(F)ccc1Br. The Bertz CT molecular complexity index is 450. The summed E-state index contributed by atoms with van der Waals surface area (Å²) in [5, 5.41) is 11.0. The maximum Gasteiger partial charge on any atom is 0.305 e. The fourth-order valence-corrected chi connectivity index (χ4v) is 1.71. The molecular weight excluding hydrogens is 293 g/mol. The van der Waals surface area contributed by atoms with Crippen LogP contribution in [0.3, 0.4) is 0 Å². The van der Waals surface area contributed by atoms with E-state index in [2.05, 4.69) is 21.2 Å². The fourth-order valence-electron chi connectivity index (χ4n) is 1.29. The molecule has 1 atom stereocenters. The summed E-state index contributed by atoms with van der Waals surface area (Å²) in [4.78, 5) is 22.1. The van der Waals surface area contributed by atoms with Crippen LogP contribution < -0.4 is 5.32 Å². The molecule has 0 fully saturated rings. The molecule has 0 radical (unpaired) electrons. The van der Waals surface area contributed by atoms with Gasteiger partial charge in [0.25, 0.3) is 5.91 Å². The number of carbonyl (C=O) groups is 2. The summed E-state index contributed by atoms with van der Waals surface area (Å²) in [6.45, 7) is 1.57. The zero-order chi connectivity index (χ0) is 13.0. The lowest BCUT2D eigenvalue weighted by atomic mass is 10.1. The van der Waals surface area contributed by atoms with Crippen molar-refractivity contribution >= 4 is 27.8 Å². The number of aliphatic carboxylic acids is 1. The highest BCUT2D eigenvalue weighted by molar-refractivity contribution is 9.10. The third-order valence-electron chi connectivity index (χ3n) is 2.03. The molecule has 0 saturated carbocycles. The molecule has 0 heterocycles. The zero-order valence-electron chi connectivity index (χ0n) is 9.04. The molecule has 1 rings (SSSR count). The van der Waals surface area contributed by atoms with Crippen molar-refractivity contribution in [2.75, 3.05) is 0 Å². The molecule has 0 aliphatic rings. The molecule has 92 valence electrons. The van der Waals surface area contributed by atoms with E-state index in [4.69, 9.17) is 5.11 Å². The van der Waals surface area contributed by atoms with Crippen molar-refractivity contribution < 1.29 is 19.1 Å². The Kier molecular flexibility index (Phi) is 4.62. The van der Waals surface area contributed by atoms with Crippen LogP contribution in [0, 0.1) is 5.82 Å². The minimum Gasteiger partial charge on any atom is -0.481 e. The smallest absolute Gasteiger partial charge is 0.305 e. The molecule has 1 amide bonds. The van der Waals surface area contributed by atoms with Gasteiger partial charge in [0, 0.05) is 10.5 Å². The van der Waals surface area contributed by atoms with Gasteiger partial charge >= 0.3 is 5.97 Å². The molecule has 1 unspecified atom stereocenters. The molecule has 6 heteroatoms. The van der Waals surface area contributed by atoms with Gasteiger partial charge in [0.05, 0.1) is 12.0 Å². The van der Waals surface area contributed by atoms with Crippen LogP contribution >= 0.6 is 15.9 Å². The van der Waals surface area contributed by atoms with Gasteiger partial charge in [-0.2, -0.15) is 0 Å². The molecule has 0 spiro atoms. The number of hydrogen-bond donors (Lipinski definition) is 2. The number of hydrogen-bond acceptors (Lipinski definition) is 2. The molecule has 0 aliphatic heterocycles. The molecule has 17 heavy (non-hydrogen) atoms. The lowest BCUT2D eigenvalue weighted by Crippen LogP contribution is -2.34. The van der Waals surface area contributed by atoms with Gasteiger partial charge in [0.1, 0.15) is 5.82 Å². The summed E-state index contributed by atoms with van der Waals surface area (Å²) < 4.78 is 13.4. The summed E-state index contributed by atoms with van der Waals surface area (Å²) >= 11 is 3.13. The first-order valence-electron chi connectivity index (χ1n) is 4.88. The Labute approximate surface area is 106 Å². The third-order valence-corrected chi connectivity index (χ3v) is 2.72. The second-order valence-corrected chi connectivity index (χ2v) is 4.45. The van der Waals surface area contributed by atoms with E-state index in [1.165, 1.54) is 12.1 Å². The summed E-state index contributed by atoms with van der Waals surface area (Å²) in [7, 11) is 0. The van der Waals surface area contributed by atoms with E-state index in [-0.39, 0.29) is 12.0 Å². The van der Waals surface area contributed by atoms with Crippen LogP contribution in [-0.2, 0) is 4.79 Å². The van der Waals surface area contributed by atoms with Crippen LogP contribution in [0.4, 0.5) is 4.39 Å². The van der Waals surface area contributed by atoms with Gasteiger partial charge in [-0.05, 0) is 41.1 Å². The van der Waals surface area contributed by atoms with E-state index in [1.54, 1.807) is 6.92 Å². The second-order valence-electron chi connectivity index (χ2n) is 3.60. The molecule has 1 aromatic rings. The number of benzene rings is 1. The molecule has 0 bridgehead atoms. The van der Waals surface area contributed by atoms with Crippen LogP contribution in [0.25, 0.3) is 0 Å². The van der Waals surface area contributed by atoms with Gasteiger partial charge in [-0.3, -0.25) is 9.59 Å². The normalized spacial score (nSPS) is 11.9. The maximum absolute atomic E-state index is 13.0. The average molecular weight is 304 g/mol. The van der Waals surface area contributed by atoms with Crippen LogP contribution in [0.15, 0.2) is 22.7 Å². The molecule has 4 nitrogen and oxygen atoms in total. The molecule has 2 N–H and O–H groups in total. The first-order valence-corrected chi connectivity index (χ1v) is 5.67. The zero-order valence-corrected chi connectivity index (χ0v) is 10.6. The number of nitrogens with one attached hydrogen (secondary N) is 1. The van der Waals surface area contributed by atoms with Crippen molar-refractivity contribution in [3.05, 3.63) is 34.1 Å². The van der Waals surface area contributed by atoms with Gasteiger partial charge in [-0.1, -0.05) is 0 Å². The van der Waals surface area contributed by atoms with Gasteiger partial charge in [-0.25, -0.2) is 4.39 Å². The number of rotatable bonds is 4. The van der Waals surface area contributed by atoms with E-state index in [0.29, 0.717) is 4.47 Å². The number of carboxylic acids is 1. The van der Waals surface area contributed by atoms with Crippen LogP contribution in [-0.4, -0.2) is 23.0 Å². The standard InChI is InChI=1S/C11H11BrFNO3/c1-6(4-10(15)16)14-11(17)8-5-7(13)2-3-9(8)12/h2-3,5-6H,4H2,1H3,(H,14,17)(H,15,16). The predicted octanol–water partition coefficient (Wildman–Crippen LogP) is 2.18. The van der Waals surface area contributed by atoms with E-state index in [1.807, 2.05) is 0 Å². The van der Waals surface area contributed by atoms with E-state index in [9.17, 15) is 14.0 Å². The first-order chi connectivity index (χ1) is 7.90. The Hall–Kier alpha value is -1.43. The Morgan fingerprint density at radius 1 is 1.53 bits per heavy atom. The van der Waals surface area contributed by atoms with Gasteiger partial charge in [0.15, 0.2) is 0 Å². The third kappa shape index (κ3) is 4.14. The summed E-state index contributed by atoms with van der Waals surface area (Å²) in [5.74, 6) is -2.04. The second kappa shape index (κ2) is 5.77. The van der Waals surface area contributed by atoms with Gasteiger partial charge in [0.2, 0.25) is 0 Å². The van der Waals surface area contributed by atoms with Crippen molar-refractivity contribution in [3.63, 3.8) is 0 Å². The molecule has 0 aromatic heterocycles. The van der Waals surface area contributed by atoms with Crippen LogP contribution in [0.5, 0.6) is 0 Å². The van der Waals surface area contributed by atoms with Crippen molar-refractivity contribution in [2.45, 2.75) is 19.4 Å². The Morgan fingerprint density at radius 2 is 2.18 bits per heavy atom. The first kappa shape index (κ1) is 13.6. The largest absolute Gasteiger partial charge is 0.481 e. The fraction of sp³-hybridized carbons (Fsp3) is 0.273. The van der Waals surface area contributed by atoms with Crippen LogP contribution in [0.1, 0.15) is 23.7 Å². The quantitative estimate of drug-likeness (QED) is 0.896. The van der Waals surface area contributed by atoms with Crippen molar-refractivity contribution in [1.82, 2.24) is 5.32 Å². The van der Waals surface area contributed by atoms with Crippen molar-refractivity contribution in [1.29, 1.82) is 0 Å². The number of carboxylic acid groups (broad SMARTS) is 1. The highest BCUT2D eigenvalue weighted by atomic mass is 79.9. The Morgan fingerprint density at radius 3 is 2.76 bits per heavy atom.